The molecule has 1 heterocycles. The summed E-state index contributed by atoms with van der Waals surface area (Å²) in [5.74, 6) is -4.67. The lowest BCUT2D eigenvalue weighted by Crippen LogP contribution is -2.66. The molecule has 0 radical (unpaired) electrons. The van der Waals surface area contributed by atoms with Crippen molar-refractivity contribution in [3.05, 3.63) is 0 Å². The maximum Gasteiger partial charge on any atom is 0.471 e. The molecule has 0 spiro atoms. The van der Waals surface area contributed by atoms with Gasteiger partial charge in [0.15, 0.2) is 12.4 Å². The maximum absolute atomic E-state index is 12.4. The van der Waals surface area contributed by atoms with Crippen molar-refractivity contribution < 1.29 is 54.7 Å². The van der Waals surface area contributed by atoms with Gasteiger partial charge in [-0.1, -0.05) is 0 Å². The number of halogens is 3. The van der Waals surface area contributed by atoms with Crippen LogP contribution in [0.1, 0.15) is 16.6 Å². The zero-order chi connectivity index (χ0) is 20.5. The van der Waals surface area contributed by atoms with Crippen molar-refractivity contribution in [2.24, 2.45) is 0 Å². The van der Waals surface area contributed by atoms with Gasteiger partial charge in [-0.15, -0.1) is 0 Å². The first-order valence-electron chi connectivity index (χ1n) is 7.40. The fraction of sp³-hybridized carbons (Fsp3) is 0.750. The van der Waals surface area contributed by atoms with E-state index in [9.17, 15) is 37.8 Å². The topological polar surface area (TPSA) is 131 Å². The molecule has 9 nitrogen and oxygen atoms in total. The van der Waals surface area contributed by atoms with Crippen LogP contribution >= 0.6 is 0 Å². The van der Waals surface area contributed by atoms with E-state index in [4.69, 9.17) is 2.74 Å². The van der Waals surface area contributed by atoms with E-state index < -0.39 is 61.2 Å². The quantitative estimate of drug-likeness (QED) is 0.522. The van der Waals surface area contributed by atoms with Gasteiger partial charge < -0.3 is 29.7 Å². The number of rotatable bonds is 4. The smallest absolute Gasteiger partial charge is 0.463 e. The Kier molecular flexibility index (Phi) is 5.48. The first kappa shape index (κ1) is 16.9. The number of nitrogens with one attached hydrogen (secondary N) is 1. The number of hydrogen-bond acceptors (Lipinski definition) is 8. The van der Waals surface area contributed by atoms with Gasteiger partial charge in [-0.3, -0.25) is 14.4 Å². The van der Waals surface area contributed by atoms with E-state index >= 15 is 0 Å². The highest BCUT2D eigenvalue weighted by molar-refractivity contribution is 5.82. The van der Waals surface area contributed by atoms with Crippen LogP contribution in [0.4, 0.5) is 13.2 Å². The summed E-state index contributed by atoms with van der Waals surface area (Å²) in [6, 6.07) is -3.49. The Labute approximate surface area is 136 Å². The van der Waals surface area contributed by atoms with Crippen LogP contribution in [0.15, 0.2) is 0 Å². The second-order valence-electron chi connectivity index (χ2n) is 4.65. The summed E-state index contributed by atoms with van der Waals surface area (Å²) < 4.78 is 66.5. The predicted molar refractivity (Wildman–Crippen MR) is 67.1 cm³/mol. The number of esters is 2. The first-order chi connectivity index (χ1) is 11.6. The molecular formula is C12H16F3NO8. The summed E-state index contributed by atoms with van der Waals surface area (Å²) in [5, 5.41) is 21.0. The van der Waals surface area contributed by atoms with Crippen LogP contribution in [0.5, 0.6) is 0 Å². The van der Waals surface area contributed by atoms with Crippen molar-refractivity contribution in [2.45, 2.75) is 50.6 Å². The molecule has 0 saturated carbocycles. The van der Waals surface area contributed by atoms with Gasteiger partial charge in [-0.2, -0.15) is 13.2 Å². The van der Waals surface area contributed by atoms with E-state index in [0.717, 1.165) is 19.2 Å². The Balaban J connectivity index is 3.22. The van der Waals surface area contributed by atoms with Crippen molar-refractivity contribution in [1.82, 2.24) is 5.32 Å². The fourth-order valence-corrected chi connectivity index (χ4v) is 1.75. The third kappa shape index (κ3) is 5.32. The van der Waals surface area contributed by atoms with Crippen LogP contribution in [0.2, 0.25) is 0 Å². The molecule has 0 aliphatic carbocycles. The van der Waals surface area contributed by atoms with Crippen LogP contribution in [0.25, 0.3) is 0 Å². The van der Waals surface area contributed by atoms with E-state index in [1.165, 1.54) is 0 Å². The molecular weight excluding hydrogens is 343 g/mol. The van der Waals surface area contributed by atoms with Crippen molar-refractivity contribution in [3.8, 4) is 0 Å². The Morgan fingerprint density at radius 2 is 1.83 bits per heavy atom. The molecule has 0 aromatic heterocycles. The lowest BCUT2D eigenvalue weighted by atomic mass is 9.96. The van der Waals surface area contributed by atoms with Crippen LogP contribution in [0, 0.1) is 0 Å². The molecule has 0 aromatic rings. The van der Waals surface area contributed by atoms with Crippen molar-refractivity contribution in [2.75, 3.05) is 6.61 Å². The van der Waals surface area contributed by atoms with E-state index in [1.54, 1.807) is 0 Å². The molecule has 5 atom stereocenters. The van der Waals surface area contributed by atoms with Gasteiger partial charge >= 0.3 is 24.0 Å². The summed E-state index contributed by atoms with van der Waals surface area (Å²) in [7, 11) is 0. The number of amides is 1. The third-order valence-electron chi connectivity index (χ3n) is 2.73. The van der Waals surface area contributed by atoms with Gasteiger partial charge in [0.25, 0.3) is 0 Å². The minimum atomic E-state index is -5.50. The standard InChI is InChI=1S/C12H16F3NO8/c1-4(17)22-3-6-9(23-5(2)18)8(19)7(10(20)24-6)16-11(21)12(13,14)15/h6-10,19-20H,3H2,1-2H3,(H,16,21)/t6-,7-,8-,9-,10?/m1/s1/i7D,10D. The normalized spacial score (nSPS) is 37.7. The highest BCUT2D eigenvalue weighted by atomic mass is 19.4. The lowest BCUT2D eigenvalue weighted by molar-refractivity contribution is -0.262. The van der Waals surface area contributed by atoms with Gasteiger partial charge in [0.05, 0.1) is 2.74 Å². The zero-order valence-corrected chi connectivity index (χ0v) is 12.4. The molecule has 1 saturated heterocycles. The minimum absolute atomic E-state index is 0.769. The number of carbonyl (C=O) groups excluding carboxylic acids is 3. The molecule has 24 heavy (non-hydrogen) atoms. The molecule has 0 bridgehead atoms. The predicted octanol–water partition coefficient (Wildman–Crippen LogP) is -1.39. The van der Waals surface area contributed by atoms with Gasteiger partial charge in [0.2, 0.25) is 0 Å². The Bertz CT molecular complexity index is 587. The molecule has 3 N–H and O–H groups in total. The minimum Gasteiger partial charge on any atom is -0.463 e. The van der Waals surface area contributed by atoms with Crippen LogP contribution in [0.3, 0.4) is 0 Å². The summed E-state index contributed by atoms with van der Waals surface area (Å²) >= 11 is 0. The van der Waals surface area contributed by atoms with Crippen molar-refractivity contribution >= 4 is 17.8 Å². The molecule has 1 rings (SSSR count). The van der Waals surface area contributed by atoms with E-state index in [0.29, 0.717) is 0 Å². The monoisotopic (exact) mass is 361 g/mol. The summed E-state index contributed by atoms with van der Waals surface area (Å²) in [4.78, 5) is 33.1. The second kappa shape index (κ2) is 7.77. The average molecular weight is 361 g/mol. The molecule has 1 amide bonds. The molecule has 1 aliphatic rings. The van der Waals surface area contributed by atoms with Crippen LogP contribution < -0.4 is 5.32 Å². The second-order valence-corrected chi connectivity index (χ2v) is 4.65. The van der Waals surface area contributed by atoms with Gasteiger partial charge in [0, 0.05) is 13.8 Å². The Morgan fingerprint density at radius 1 is 1.25 bits per heavy atom. The Morgan fingerprint density at radius 3 is 2.29 bits per heavy atom. The van der Waals surface area contributed by atoms with E-state index in [1.807, 2.05) is 0 Å². The average Bonchev–Trinajstić information content (AvgIpc) is 2.45. The maximum atomic E-state index is 12.4. The first-order valence-corrected chi connectivity index (χ1v) is 6.40. The van der Waals surface area contributed by atoms with Crippen molar-refractivity contribution in [3.63, 3.8) is 0 Å². The summed E-state index contributed by atoms with van der Waals surface area (Å²) in [6.07, 6.45) is -15.3. The third-order valence-corrected chi connectivity index (χ3v) is 2.73. The lowest BCUT2D eigenvalue weighted by Gasteiger charge is -2.42. The summed E-state index contributed by atoms with van der Waals surface area (Å²) in [5.41, 5.74) is 0. The number of alkyl halides is 3. The molecule has 138 valence electrons. The van der Waals surface area contributed by atoms with Crippen LogP contribution in [-0.4, -0.2) is 71.4 Å². The molecule has 1 unspecified atom stereocenters. The SMILES string of the molecule is [2H]C1(O)O[C@H](COC(C)=O)[C@@H](OC(C)=O)[C@H](O)[C@@]1([2H])NC(=O)C(F)(F)F. The number of ether oxygens (including phenoxy) is 3. The highest BCUT2D eigenvalue weighted by Gasteiger charge is 2.50. The van der Waals surface area contributed by atoms with Gasteiger partial charge in [0.1, 0.15) is 24.8 Å². The molecule has 1 aliphatic heterocycles. The zero-order valence-electron chi connectivity index (χ0n) is 14.4. The number of aliphatic hydroxyl groups excluding tert-OH is 1. The van der Waals surface area contributed by atoms with Crippen molar-refractivity contribution in [1.29, 1.82) is 0 Å². The number of hydrogen-bond donors (Lipinski definition) is 3. The molecule has 0 aromatic carbocycles. The van der Waals surface area contributed by atoms with Crippen LogP contribution in [-0.2, 0) is 28.6 Å². The molecule has 12 heteroatoms. The van der Waals surface area contributed by atoms with E-state index in [-0.39, 0.29) is 0 Å². The number of carbonyl (C=O) groups is 3. The largest absolute Gasteiger partial charge is 0.471 e. The highest BCUT2D eigenvalue weighted by Crippen LogP contribution is 2.24. The number of aliphatic hydroxyl groups is 2. The van der Waals surface area contributed by atoms with E-state index in [2.05, 4.69) is 14.2 Å². The fourth-order valence-electron chi connectivity index (χ4n) is 1.75. The van der Waals surface area contributed by atoms with Gasteiger partial charge in [-0.25, -0.2) is 0 Å². The summed E-state index contributed by atoms with van der Waals surface area (Å²) in [6.45, 7) is 1.07. The molecule has 1 fully saturated rings. The van der Waals surface area contributed by atoms with Gasteiger partial charge in [-0.05, 0) is 0 Å². The Hall–Kier alpha value is -1.92.